The molecule has 0 saturated carbocycles. The Labute approximate surface area is 68.5 Å². The number of hydrogen-bond acceptors (Lipinski definition) is 4. The first-order valence-corrected chi connectivity index (χ1v) is 4.59. The van der Waals surface area contributed by atoms with Crippen LogP contribution in [-0.2, 0) is 0 Å². The van der Waals surface area contributed by atoms with Crippen molar-refractivity contribution in [3.05, 3.63) is 17.8 Å². The maximum atomic E-state index is 9.04. The lowest BCUT2D eigenvalue weighted by molar-refractivity contribution is 0.466. The molecule has 1 heterocycles. The molecule has 1 N–H and O–H groups in total. The van der Waals surface area contributed by atoms with Crippen molar-refractivity contribution in [3.8, 4) is 5.75 Å². The molecule has 0 amide bonds. The fourth-order valence-corrected chi connectivity index (χ4v) is 1.19. The summed E-state index contributed by atoms with van der Waals surface area (Å²) in [7, 11) is 1.26. The molecule has 1 rings (SSSR count). The zero-order chi connectivity index (χ0) is 7.56. The Morgan fingerprint density at radius 3 is 2.80 bits per heavy atom. The summed E-state index contributed by atoms with van der Waals surface area (Å²) in [4.78, 5) is 4.03. The van der Waals surface area contributed by atoms with Crippen LogP contribution in [0.25, 0.3) is 0 Å². The van der Waals surface area contributed by atoms with E-state index in [-0.39, 0.29) is 5.75 Å². The van der Waals surface area contributed by atoms with E-state index in [0.29, 0.717) is 5.69 Å². The summed E-state index contributed by atoms with van der Waals surface area (Å²) < 4.78 is 0. The highest BCUT2D eigenvalue weighted by Crippen LogP contribution is 2.22. The van der Waals surface area contributed by atoms with Crippen LogP contribution in [0.5, 0.6) is 5.75 Å². The van der Waals surface area contributed by atoms with Crippen molar-refractivity contribution in [2.75, 3.05) is 0 Å². The molecule has 0 bridgehead atoms. The fourth-order valence-electron chi connectivity index (χ4n) is 0.581. The summed E-state index contributed by atoms with van der Waals surface area (Å²) in [5.74, 6) is 0.228. The number of aryl methyl sites for hydroxylation is 1. The molecule has 10 heavy (non-hydrogen) atoms. The van der Waals surface area contributed by atoms with Gasteiger partial charge >= 0.3 is 0 Å². The summed E-state index contributed by atoms with van der Waals surface area (Å²) in [6, 6.07) is 3.33. The molecule has 2 nitrogen and oxygen atoms in total. The van der Waals surface area contributed by atoms with E-state index in [1.165, 1.54) is 10.8 Å². The first kappa shape index (κ1) is 7.75. The molecule has 0 aliphatic heterocycles. The van der Waals surface area contributed by atoms with Gasteiger partial charge in [-0.15, -0.1) is 11.7 Å². The number of pyridine rings is 1. The number of nitrogens with zero attached hydrogens (tertiary/aromatic N) is 1. The van der Waals surface area contributed by atoms with Gasteiger partial charge in [-0.3, -0.25) is 0 Å². The SMILES string of the molecule is Cc1nc(SS)ccc1O. The Balaban J connectivity index is 3.04. The van der Waals surface area contributed by atoms with Crippen molar-refractivity contribution in [3.63, 3.8) is 0 Å². The van der Waals surface area contributed by atoms with Crippen molar-refractivity contribution in [2.24, 2.45) is 0 Å². The summed E-state index contributed by atoms with van der Waals surface area (Å²) in [6.45, 7) is 1.75. The van der Waals surface area contributed by atoms with E-state index in [1.807, 2.05) is 0 Å². The third-order valence-corrected chi connectivity index (χ3v) is 2.10. The standard InChI is InChI=1S/C6H7NOS2/c1-4-5(8)2-3-6(7-4)10-9/h2-3,8-9H,1H3. The molecule has 1 aromatic rings. The van der Waals surface area contributed by atoms with Crippen molar-refractivity contribution in [1.29, 1.82) is 0 Å². The summed E-state index contributed by atoms with van der Waals surface area (Å²) in [5.41, 5.74) is 0.638. The highest BCUT2D eigenvalue weighted by molar-refractivity contribution is 8.68. The number of aromatic nitrogens is 1. The van der Waals surface area contributed by atoms with E-state index in [2.05, 4.69) is 16.6 Å². The Kier molecular flexibility index (Phi) is 2.45. The predicted octanol–water partition coefficient (Wildman–Crippen LogP) is 2.03. The van der Waals surface area contributed by atoms with Gasteiger partial charge in [-0.05, 0) is 29.9 Å². The second-order valence-electron chi connectivity index (χ2n) is 1.85. The molecule has 0 aromatic carbocycles. The van der Waals surface area contributed by atoms with Gasteiger partial charge in [0.15, 0.2) is 0 Å². The van der Waals surface area contributed by atoms with Crippen LogP contribution in [0, 0.1) is 6.92 Å². The molecule has 0 atom stereocenters. The van der Waals surface area contributed by atoms with Gasteiger partial charge in [0.05, 0.1) is 5.69 Å². The second-order valence-corrected chi connectivity index (χ2v) is 2.99. The van der Waals surface area contributed by atoms with Gasteiger partial charge in [-0.2, -0.15) is 0 Å². The van der Waals surface area contributed by atoms with Gasteiger partial charge in [0, 0.05) is 0 Å². The van der Waals surface area contributed by atoms with Crippen LogP contribution in [0.1, 0.15) is 5.69 Å². The minimum atomic E-state index is 0.228. The van der Waals surface area contributed by atoms with E-state index in [0.717, 1.165) is 5.03 Å². The average molecular weight is 173 g/mol. The van der Waals surface area contributed by atoms with Crippen molar-refractivity contribution in [2.45, 2.75) is 11.9 Å². The lowest BCUT2D eigenvalue weighted by atomic mass is 10.3. The molecule has 0 aliphatic carbocycles. The lowest BCUT2D eigenvalue weighted by Gasteiger charge is -1.97. The molecular formula is C6H7NOS2. The van der Waals surface area contributed by atoms with Gasteiger partial charge in [0.2, 0.25) is 0 Å². The highest BCUT2D eigenvalue weighted by atomic mass is 33.1. The molecule has 0 fully saturated rings. The van der Waals surface area contributed by atoms with E-state index < -0.39 is 0 Å². The molecule has 54 valence electrons. The first-order chi connectivity index (χ1) is 4.74. The Morgan fingerprint density at radius 2 is 2.30 bits per heavy atom. The zero-order valence-corrected chi connectivity index (χ0v) is 7.12. The van der Waals surface area contributed by atoms with Gasteiger partial charge in [0.1, 0.15) is 10.8 Å². The molecule has 0 unspecified atom stereocenters. The topological polar surface area (TPSA) is 33.1 Å². The van der Waals surface area contributed by atoms with Crippen LogP contribution in [0.15, 0.2) is 17.2 Å². The Morgan fingerprint density at radius 1 is 1.60 bits per heavy atom. The third kappa shape index (κ3) is 1.58. The normalized spacial score (nSPS) is 9.80. The smallest absolute Gasteiger partial charge is 0.136 e. The molecular weight excluding hydrogens is 166 g/mol. The highest BCUT2D eigenvalue weighted by Gasteiger charge is 1.97. The zero-order valence-electron chi connectivity index (χ0n) is 5.40. The average Bonchev–Trinajstić information content (AvgIpc) is 1.95. The number of thiol groups is 1. The van der Waals surface area contributed by atoms with Gasteiger partial charge < -0.3 is 5.11 Å². The van der Waals surface area contributed by atoms with Crippen LogP contribution in [0.4, 0.5) is 0 Å². The monoisotopic (exact) mass is 173 g/mol. The van der Waals surface area contributed by atoms with Crippen LogP contribution < -0.4 is 0 Å². The Bertz CT molecular complexity index is 239. The lowest BCUT2D eigenvalue weighted by Crippen LogP contribution is -1.82. The van der Waals surface area contributed by atoms with Crippen molar-refractivity contribution >= 4 is 22.5 Å². The molecule has 0 radical (unpaired) electrons. The summed E-state index contributed by atoms with van der Waals surface area (Å²) >= 11 is 3.96. The van der Waals surface area contributed by atoms with Gasteiger partial charge in [-0.25, -0.2) is 4.98 Å². The fraction of sp³-hybridized carbons (Fsp3) is 0.167. The molecule has 0 spiro atoms. The molecule has 0 saturated heterocycles. The minimum Gasteiger partial charge on any atom is -0.506 e. The van der Waals surface area contributed by atoms with E-state index in [4.69, 9.17) is 5.11 Å². The minimum absolute atomic E-state index is 0.228. The molecule has 0 aliphatic rings. The van der Waals surface area contributed by atoms with Crippen LogP contribution >= 0.6 is 22.5 Å². The first-order valence-electron chi connectivity index (χ1n) is 2.72. The van der Waals surface area contributed by atoms with E-state index in [1.54, 1.807) is 19.1 Å². The van der Waals surface area contributed by atoms with Crippen LogP contribution in [-0.4, -0.2) is 10.1 Å². The van der Waals surface area contributed by atoms with Crippen molar-refractivity contribution in [1.82, 2.24) is 4.98 Å². The van der Waals surface area contributed by atoms with Crippen LogP contribution in [0.3, 0.4) is 0 Å². The second kappa shape index (κ2) is 3.16. The Hall–Kier alpha value is -0.350. The quantitative estimate of drug-likeness (QED) is 0.503. The summed E-state index contributed by atoms with van der Waals surface area (Å²) in [6.07, 6.45) is 0. The van der Waals surface area contributed by atoms with Crippen molar-refractivity contribution < 1.29 is 5.11 Å². The van der Waals surface area contributed by atoms with E-state index in [9.17, 15) is 0 Å². The number of hydrogen-bond donors (Lipinski definition) is 2. The van der Waals surface area contributed by atoms with E-state index >= 15 is 0 Å². The molecule has 1 aromatic heterocycles. The maximum Gasteiger partial charge on any atom is 0.136 e. The maximum absolute atomic E-state index is 9.04. The predicted molar refractivity (Wildman–Crippen MR) is 45.5 cm³/mol. The summed E-state index contributed by atoms with van der Waals surface area (Å²) in [5, 5.41) is 9.85. The van der Waals surface area contributed by atoms with Gasteiger partial charge in [0.25, 0.3) is 0 Å². The molecule has 4 heteroatoms. The van der Waals surface area contributed by atoms with Crippen LogP contribution in [0.2, 0.25) is 0 Å². The number of rotatable bonds is 1. The van der Waals surface area contributed by atoms with Gasteiger partial charge in [-0.1, -0.05) is 0 Å². The third-order valence-electron chi connectivity index (χ3n) is 1.13. The largest absolute Gasteiger partial charge is 0.506 e. The number of aromatic hydroxyl groups is 1.